The summed E-state index contributed by atoms with van der Waals surface area (Å²) in [5.41, 5.74) is -0.754. The van der Waals surface area contributed by atoms with Gasteiger partial charge in [0.25, 0.3) is 0 Å². The molecule has 0 spiro atoms. The number of benzene rings is 1. The molecule has 0 fully saturated rings. The average molecular weight is 543 g/mol. The van der Waals surface area contributed by atoms with Gasteiger partial charge in [-0.1, -0.05) is 45.9 Å². The summed E-state index contributed by atoms with van der Waals surface area (Å²) in [6, 6.07) is 10.1. The van der Waals surface area contributed by atoms with E-state index in [9.17, 15) is 23.4 Å². The van der Waals surface area contributed by atoms with E-state index < -0.39 is 30.0 Å². The van der Waals surface area contributed by atoms with E-state index in [-0.39, 0.29) is 17.5 Å². The van der Waals surface area contributed by atoms with Crippen molar-refractivity contribution in [3.05, 3.63) is 71.8 Å². The summed E-state index contributed by atoms with van der Waals surface area (Å²) in [7, 11) is 0. The quantitative estimate of drug-likeness (QED) is 0.248. The molecule has 3 aromatic rings. The third-order valence-corrected chi connectivity index (χ3v) is 7.55. The summed E-state index contributed by atoms with van der Waals surface area (Å²) >= 11 is 0. The van der Waals surface area contributed by atoms with Gasteiger partial charge in [-0.3, -0.25) is 4.98 Å². The van der Waals surface area contributed by atoms with E-state index in [0.717, 1.165) is 30.9 Å². The largest absolute Gasteiger partial charge is 0.508 e. The summed E-state index contributed by atoms with van der Waals surface area (Å²) in [6.07, 6.45) is 0.961. The number of anilines is 1. The highest BCUT2D eigenvalue weighted by atomic mass is 19.4. The van der Waals surface area contributed by atoms with Crippen LogP contribution >= 0.6 is 0 Å². The number of rotatable bonds is 10. The highest BCUT2D eigenvalue weighted by Gasteiger charge is 2.56. The summed E-state index contributed by atoms with van der Waals surface area (Å²) in [5.74, 6) is -0.124. The highest BCUT2D eigenvalue weighted by molar-refractivity contribution is 5.69. The molecule has 0 saturated carbocycles. The predicted molar refractivity (Wildman–Crippen MR) is 149 cm³/mol. The lowest BCUT2D eigenvalue weighted by atomic mass is 9.72. The van der Waals surface area contributed by atoms with Gasteiger partial charge in [-0.15, -0.1) is 0 Å². The number of hydrogen-bond donors (Lipinski definition) is 4. The van der Waals surface area contributed by atoms with Crippen LogP contribution < -0.4 is 5.32 Å². The SMILES string of the molecule is CCN(CC)CC1C=Cc2[nH]c(CC(O)(CC(C)(C)c3cc(-c4cccnc4)ccc3O)C(F)(F)F)cc2N1. The van der Waals surface area contributed by atoms with E-state index in [4.69, 9.17) is 0 Å². The first-order valence-electron chi connectivity index (χ1n) is 13.3. The van der Waals surface area contributed by atoms with Crippen molar-refractivity contribution in [2.75, 3.05) is 25.0 Å². The third-order valence-electron chi connectivity index (χ3n) is 7.55. The molecule has 0 saturated heterocycles. The van der Waals surface area contributed by atoms with E-state index in [1.54, 1.807) is 50.5 Å². The average Bonchev–Trinajstić information content (AvgIpc) is 3.28. The maximum absolute atomic E-state index is 14.5. The van der Waals surface area contributed by atoms with E-state index in [1.807, 2.05) is 18.2 Å². The third kappa shape index (κ3) is 6.31. The fraction of sp³-hybridized carbons (Fsp3) is 0.433. The molecule has 39 heavy (non-hydrogen) atoms. The molecular weight excluding hydrogens is 505 g/mol. The molecular formula is C30H37F3N4O2. The number of aromatic hydroxyl groups is 1. The number of nitrogens with zero attached hydrogens (tertiary/aromatic N) is 2. The number of H-pyrrole nitrogens is 1. The van der Waals surface area contributed by atoms with Crippen molar-refractivity contribution in [3.8, 4) is 16.9 Å². The zero-order chi connectivity index (χ0) is 28.4. The van der Waals surface area contributed by atoms with E-state index in [0.29, 0.717) is 16.8 Å². The van der Waals surface area contributed by atoms with Crippen LogP contribution in [0, 0.1) is 0 Å². The number of hydrogen-bond acceptors (Lipinski definition) is 5. The van der Waals surface area contributed by atoms with E-state index >= 15 is 0 Å². The Morgan fingerprint density at radius 3 is 2.44 bits per heavy atom. The molecule has 6 nitrogen and oxygen atoms in total. The molecule has 210 valence electrons. The van der Waals surface area contributed by atoms with Crippen LogP contribution in [-0.2, 0) is 11.8 Å². The van der Waals surface area contributed by atoms with Crippen molar-refractivity contribution in [1.29, 1.82) is 0 Å². The molecule has 1 aromatic carbocycles. The molecule has 0 bridgehead atoms. The van der Waals surface area contributed by atoms with Crippen molar-refractivity contribution in [2.24, 2.45) is 0 Å². The van der Waals surface area contributed by atoms with Crippen LogP contribution in [0.25, 0.3) is 17.2 Å². The van der Waals surface area contributed by atoms with Gasteiger partial charge in [0.05, 0.1) is 17.4 Å². The van der Waals surface area contributed by atoms with E-state index in [2.05, 4.69) is 34.0 Å². The number of aromatic nitrogens is 2. The molecule has 3 heterocycles. The number of aliphatic hydroxyl groups is 1. The number of phenols is 1. The van der Waals surface area contributed by atoms with Crippen LogP contribution in [-0.4, -0.2) is 62.5 Å². The van der Waals surface area contributed by atoms with Crippen LogP contribution in [0.5, 0.6) is 5.75 Å². The molecule has 4 N–H and O–H groups in total. The first kappa shape index (κ1) is 28.7. The minimum absolute atomic E-state index is 0.0385. The van der Waals surface area contributed by atoms with Gasteiger partial charge in [0, 0.05) is 42.2 Å². The first-order chi connectivity index (χ1) is 18.3. The molecule has 1 aliphatic rings. The maximum atomic E-state index is 14.5. The Balaban J connectivity index is 1.59. The van der Waals surface area contributed by atoms with Gasteiger partial charge in [0.2, 0.25) is 0 Å². The Hall–Kier alpha value is -3.30. The lowest BCUT2D eigenvalue weighted by molar-refractivity contribution is -0.266. The minimum Gasteiger partial charge on any atom is -0.508 e. The molecule has 2 unspecified atom stereocenters. The molecule has 1 aliphatic heterocycles. The van der Waals surface area contributed by atoms with Gasteiger partial charge in [0.1, 0.15) is 5.75 Å². The van der Waals surface area contributed by atoms with E-state index in [1.165, 1.54) is 6.07 Å². The van der Waals surface area contributed by atoms with Gasteiger partial charge in [-0.25, -0.2) is 0 Å². The molecule has 4 rings (SSSR count). The zero-order valence-corrected chi connectivity index (χ0v) is 22.8. The number of phenolic OH excluding ortho intramolecular Hbond substituents is 1. The van der Waals surface area contributed by atoms with Crippen LogP contribution in [0.2, 0.25) is 0 Å². The van der Waals surface area contributed by atoms with Crippen LogP contribution in [0.4, 0.5) is 18.9 Å². The van der Waals surface area contributed by atoms with Gasteiger partial charge >= 0.3 is 6.18 Å². The number of aromatic amines is 1. The van der Waals surface area contributed by atoms with Gasteiger partial charge in [0.15, 0.2) is 5.60 Å². The Bertz CT molecular complexity index is 1300. The molecule has 2 atom stereocenters. The van der Waals surface area contributed by atoms with Gasteiger partial charge in [-0.05, 0) is 60.8 Å². The van der Waals surface area contributed by atoms with Crippen molar-refractivity contribution in [1.82, 2.24) is 14.9 Å². The van der Waals surface area contributed by atoms with Gasteiger partial charge < -0.3 is 25.4 Å². The second-order valence-corrected chi connectivity index (χ2v) is 11.0. The smallest absolute Gasteiger partial charge is 0.417 e. The standard InChI is InChI=1S/C30H37F3N4O2/c1-5-37(6-2)18-22-10-11-25-26(35-22)15-23(36-25)16-29(39,30(31,32)33)19-28(3,4)24-14-20(9-12-27(24)38)21-8-7-13-34-17-21/h7-15,17,22,35-36,38-39H,5-6,16,18-19H2,1-4H3. The lowest BCUT2D eigenvalue weighted by Gasteiger charge is -2.38. The maximum Gasteiger partial charge on any atom is 0.417 e. The van der Waals surface area contributed by atoms with Crippen molar-refractivity contribution >= 4 is 11.8 Å². The fourth-order valence-corrected chi connectivity index (χ4v) is 5.40. The topological polar surface area (TPSA) is 84.4 Å². The lowest BCUT2D eigenvalue weighted by Crippen LogP contribution is -2.50. The second kappa shape index (κ2) is 11.1. The normalized spacial score (nSPS) is 17.1. The summed E-state index contributed by atoms with van der Waals surface area (Å²) in [5, 5.41) is 25.2. The summed E-state index contributed by atoms with van der Waals surface area (Å²) < 4.78 is 43.4. The van der Waals surface area contributed by atoms with Crippen LogP contribution in [0.15, 0.2) is 54.9 Å². The first-order valence-corrected chi connectivity index (χ1v) is 13.3. The number of alkyl halides is 3. The number of pyridine rings is 1. The Kier molecular flexibility index (Phi) is 8.14. The number of nitrogens with one attached hydrogen (secondary N) is 2. The van der Waals surface area contributed by atoms with Crippen molar-refractivity contribution in [3.63, 3.8) is 0 Å². The van der Waals surface area contributed by atoms with Gasteiger partial charge in [-0.2, -0.15) is 13.2 Å². The monoisotopic (exact) mass is 542 g/mol. The Labute approximate surface area is 227 Å². The Morgan fingerprint density at radius 1 is 1.05 bits per heavy atom. The molecule has 9 heteroatoms. The highest BCUT2D eigenvalue weighted by Crippen LogP contribution is 2.46. The summed E-state index contributed by atoms with van der Waals surface area (Å²) in [6.45, 7) is 9.98. The zero-order valence-electron chi connectivity index (χ0n) is 22.8. The van der Waals surface area contributed by atoms with Crippen LogP contribution in [0.1, 0.15) is 51.1 Å². The van der Waals surface area contributed by atoms with Crippen LogP contribution in [0.3, 0.4) is 0 Å². The van der Waals surface area contributed by atoms with Crippen molar-refractivity contribution in [2.45, 2.75) is 63.8 Å². The summed E-state index contributed by atoms with van der Waals surface area (Å²) in [4.78, 5) is 9.42. The number of halogens is 3. The molecule has 0 aliphatic carbocycles. The molecule has 0 radical (unpaired) electrons. The number of fused-ring (bicyclic) bond motifs is 1. The predicted octanol–water partition coefficient (Wildman–Crippen LogP) is 6.14. The van der Waals surface area contributed by atoms with Crippen molar-refractivity contribution < 1.29 is 23.4 Å². The second-order valence-electron chi connectivity index (χ2n) is 11.0. The minimum atomic E-state index is -4.90. The Morgan fingerprint density at radius 2 is 1.79 bits per heavy atom. The molecule has 2 aromatic heterocycles. The molecule has 0 amide bonds. The number of likely N-dealkylation sites (N-methyl/N-ethyl adjacent to an activating group) is 1. The fourth-order valence-electron chi connectivity index (χ4n) is 5.40.